The molecule has 23 heavy (non-hydrogen) atoms. The maximum atomic E-state index is 12.6. The number of benzene rings is 1. The van der Waals surface area contributed by atoms with Gasteiger partial charge in [-0.3, -0.25) is 9.59 Å². The molecule has 2 amide bonds. The van der Waals surface area contributed by atoms with E-state index in [4.69, 9.17) is 0 Å². The first kappa shape index (κ1) is 17.5. The lowest BCUT2D eigenvalue weighted by molar-refractivity contribution is -0.141. The molecule has 1 unspecified atom stereocenters. The van der Waals surface area contributed by atoms with Crippen molar-refractivity contribution in [3.63, 3.8) is 0 Å². The maximum Gasteiger partial charge on any atom is 0.244 e. The van der Waals surface area contributed by atoms with Gasteiger partial charge in [0.1, 0.15) is 6.04 Å². The maximum absolute atomic E-state index is 12.6. The van der Waals surface area contributed by atoms with E-state index in [1.54, 1.807) is 23.9 Å². The molecule has 1 atom stereocenters. The predicted molar refractivity (Wildman–Crippen MR) is 92.1 cm³/mol. The van der Waals surface area contributed by atoms with Crippen molar-refractivity contribution in [2.24, 2.45) is 5.92 Å². The molecule has 0 aliphatic carbocycles. The fourth-order valence-corrected chi connectivity index (χ4v) is 3.16. The van der Waals surface area contributed by atoms with Crippen LogP contribution in [0.25, 0.3) is 0 Å². The highest BCUT2D eigenvalue weighted by molar-refractivity contribution is 5.88. The van der Waals surface area contributed by atoms with E-state index in [0.717, 1.165) is 24.8 Å². The van der Waals surface area contributed by atoms with Crippen LogP contribution in [0, 0.1) is 5.92 Å². The SMILES string of the molecule is CC(C)Cc1ccc(CC(=O)N2CCCC2C(=O)N(C)C)cc1. The van der Waals surface area contributed by atoms with Crippen LogP contribution in [-0.2, 0) is 22.4 Å². The lowest BCUT2D eigenvalue weighted by Crippen LogP contribution is -2.45. The molecular formula is C19H28N2O2. The van der Waals surface area contributed by atoms with Crippen LogP contribution in [0.15, 0.2) is 24.3 Å². The number of likely N-dealkylation sites (tertiary alicyclic amines) is 1. The zero-order valence-electron chi connectivity index (χ0n) is 14.7. The van der Waals surface area contributed by atoms with E-state index in [-0.39, 0.29) is 17.9 Å². The average Bonchev–Trinajstić information content (AvgIpc) is 2.97. The molecule has 1 aromatic rings. The van der Waals surface area contributed by atoms with Crippen molar-refractivity contribution < 1.29 is 9.59 Å². The largest absolute Gasteiger partial charge is 0.347 e. The zero-order chi connectivity index (χ0) is 17.0. The van der Waals surface area contributed by atoms with E-state index in [9.17, 15) is 9.59 Å². The van der Waals surface area contributed by atoms with Crippen LogP contribution >= 0.6 is 0 Å². The second-order valence-corrected chi connectivity index (χ2v) is 7.07. The molecule has 0 saturated carbocycles. The van der Waals surface area contributed by atoms with Crippen LogP contribution in [-0.4, -0.2) is 48.3 Å². The molecule has 0 spiro atoms. The molecule has 1 aromatic carbocycles. The molecule has 1 fully saturated rings. The van der Waals surface area contributed by atoms with Gasteiger partial charge in [-0.1, -0.05) is 38.1 Å². The summed E-state index contributed by atoms with van der Waals surface area (Å²) in [4.78, 5) is 28.1. The van der Waals surface area contributed by atoms with Crippen LogP contribution in [0.4, 0.5) is 0 Å². The zero-order valence-corrected chi connectivity index (χ0v) is 14.7. The van der Waals surface area contributed by atoms with Gasteiger partial charge in [-0.05, 0) is 36.3 Å². The predicted octanol–water partition coefficient (Wildman–Crippen LogP) is 2.51. The van der Waals surface area contributed by atoms with Crippen molar-refractivity contribution in [3.05, 3.63) is 35.4 Å². The van der Waals surface area contributed by atoms with Crippen LogP contribution in [0.2, 0.25) is 0 Å². The van der Waals surface area contributed by atoms with Gasteiger partial charge >= 0.3 is 0 Å². The van der Waals surface area contributed by atoms with E-state index in [1.165, 1.54) is 5.56 Å². The minimum absolute atomic E-state index is 0.0307. The molecule has 2 rings (SSSR count). The Morgan fingerprint density at radius 2 is 1.78 bits per heavy atom. The third-order valence-electron chi connectivity index (χ3n) is 4.32. The Kier molecular flexibility index (Phi) is 5.80. The van der Waals surface area contributed by atoms with Crippen molar-refractivity contribution in [1.82, 2.24) is 9.80 Å². The third kappa shape index (κ3) is 4.57. The second-order valence-electron chi connectivity index (χ2n) is 7.07. The van der Waals surface area contributed by atoms with Gasteiger partial charge in [0.25, 0.3) is 0 Å². The van der Waals surface area contributed by atoms with E-state index in [2.05, 4.69) is 26.0 Å². The second kappa shape index (κ2) is 7.62. The Bertz CT molecular complexity index is 549. The Balaban J connectivity index is 1.99. The first-order chi connectivity index (χ1) is 10.9. The third-order valence-corrected chi connectivity index (χ3v) is 4.32. The number of hydrogen-bond donors (Lipinski definition) is 0. The van der Waals surface area contributed by atoms with E-state index in [0.29, 0.717) is 18.9 Å². The summed E-state index contributed by atoms with van der Waals surface area (Å²) >= 11 is 0. The monoisotopic (exact) mass is 316 g/mol. The fourth-order valence-electron chi connectivity index (χ4n) is 3.16. The molecule has 0 N–H and O–H groups in total. The molecule has 1 aliphatic rings. The average molecular weight is 316 g/mol. The molecule has 0 aromatic heterocycles. The van der Waals surface area contributed by atoms with Gasteiger partial charge < -0.3 is 9.80 Å². The fraction of sp³-hybridized carbons (Fsp3) is 0.579. The molecule has 1 aliphatic heterocycles. The highest BCUT2D eigenvalue weighted by Crippen LogP contribution is 2.20. The summed E-state index contributed by atoms with van der Waals surface area (Å²) in [7, 11) is 3.49. The van der Waals surface area contributed by atoms with E-state index < -0.39 is 0 Å². The van der Waals surface area contributed by atoms with Crippen LogP contribution < -0.4 is 0 Å². The summed E-state index contributed by atoms with van der Waals surface area (Å²) in [6.07, 6.45) is 3.11. The van der Waals surface area contributed by atoms with Crippen LogP contribution in [0.5, 0.6) is 0 Å². The Labute approximate surface area is 139 Å². The topological polar surface area (TPSA) is 40.6 Å². The number of rotatable bonds is 5. The highest BCUT2D eigenvalue weighted by Gasteiger charge is 2.34. The van der Waals surface area contributed by atoms with Gasteiger partial charge in [0, 0.05) is 20.6 Å². The number of carbonyl (C=O) groups excluding carboxylic acids is 2. The number of likely N-dealkylation sites (N-methyl/N-ethyl adjacent to an activating group) is 1. The molecular weight excluding hydrogens is 288 g/mol. The standard InChI is InChI=1S/C19H28N2O2/c1-14(2)12-15-7-9-16(10-8-15)13-18(22)21-11-5-6-17(21)19(23)20(3)4/h7-10,14,17H,5-6,11-13H2,1-4H3. The van der Waals surface area contributed by atoms with E-state index >= 15 is 0 Å². The van der Waals surface area contributed by atoms with Crippen molar-refractivity contribution in [1.29, 1.82) is 0 Å². The quantitative estimate of drug-likeness (QED) is 0.837. The summed E-state index contributed by atoms with van der Waals surface area (Å²) in [5.74, 6) is 0.715. The summed E-state index contributed by atoms with van der Waals surface area (Å²) in [5.41, 5.74) is 2.32. The Morgan fingerprint density at radius 1 is 1.17 bits per heavy atom. The number of carbonyl (C=O) groups is 2. The number of hydrogen-bond acceptors (Lipinski definition) is 2. The molecule has 4 heteroatoms. The summed E-state index contributed by atoms with van der Waals surface area (Å²) in [6.45, 7) is 5.09. The summed E-state index contributed by atoms with van der Waals surface area (Å²) in [5, 5.41) is 0. The smallest absolute Gasteiger partial charge is 0.244 e. The molecule has 1 heterocycles. The summed E-state index contributed by atoms with van der Waals surface area (Å²) < 4.78 is 0. The van der Waals surface area contributed by atoms with Crippen LogP contribution in [0.3, 0.4) is 0 Å². The van der Waals surface area contributed by atoms with Crippen molar-refractivity contribution in [2.45, 2.75) is 45.6 Å². The Hall–Kier alpha value is -1.84. The Morgan fingerprint density at radius 3 is 2.35 bits per heavy atom. The van der Waals surface area contributed by atoms with Gasteiger partial charge in [0.05, 0.1) is 6.42 Å². The highest BCUT2D eigenvalue weighted by atomic mass is 16.2. The first-order valence-electron chi connectivity index (χ1n) is 8.47. The summed E-state index contributed by atoms with van der Waals surface area (Å²) in [6, 6.07) is 8.00. The molecule has 126 valence electrons. The van der Waals surface area contributed by atoms with Gasteiger partial charge in [0.2, 0.25) is 11.8 Å². The molecule has 0 radical (unpaired) electrons. The molecule has 0 bridgehead atoms. The first-order valence-corrected chi connectivity index (χ1v) is 8.47. The molecule has 1 saturated heterocycles. The van der Waals surface area contributed by atoms with Crippen molar-refractivity contribution in [2.75, 3.05) is 20.6 Å². The minimum Gasteiger partial charge on any atom is -0.347 e. The lowest BCUT2D eigenvalue weighted by Gasteiger charge is -2.26. The number of nitrogens with zero attached hydrogens (tertiary/aromatic N) is 2. The van der Waals surface area contributed by atoms with Gasteiger partial charge in [0.15, 0.2) is 0 Å². The van der Waals surface area contributed by atoms with E-state index in [1.807, 2.05) is 12.1 Å². The number of amides is 2. The molecule has 4 nitrogen and oxygen atoms in total. The van der Waals surface area contributed by atoms with Gasteiger partial charge in [-0.15, -0.1) is 0 Å². The van der Waals surface area contributed by atoms with Crippen molar-refractivity contribution in [3.8, 4) is 0 Å². The normalized spacial score (nSPS) is 17.6. The van der Waals surface area contributed by atoms with Gasteiger partial charge in [-0.2, -0.15) is 0 Å². The minimum atomic E-state index is -0.280. The van der Waals surface area contributed by atoms with Crippen molar-refractivity contribution >= 4 is 11.8 Å². The lowest BCUT2D eigenvalue weighted by atomic mass is 10.0. The van der Waals surface area contributed by atoms with Crippen LogP contribution in [0.1, 0.15) is 37.8 Å². The van der Waals surface area contributed by atoms with Gasteiger partial charge in [-0.25, -0.2) is 0 Å².